The molecule has 3 aromatic rings. The zero-order valence-electron chi connectivity index (χ0n) is 17.6. The quantitative estimate of drug-likeness (QED) is 0.477. The number of quaternary nitrogens is 1. The lowest BCUT2D eigenvalue weighted by molar-refractivity contribution is 0.0718. The molecular formula is C24H25N5O3. The minimum absolute atomic E-state index is 0.217. The molecule has 0 spiro atoms. The van der Waals surface area contributed by atoms with Gasteiger partial charge in [-0.25, -0.2) is 0 Å². The second kappa shape index (κ2) is 8.31. The summed E-state index contributed by atoms with van der Waals surface area (Å²) in [6.45, 7) is 0.528. The van der Waals surface area contributed by atoms with E-state index >= 15 is 0 Å². The first kappa shape index (κ1) is 20.6. The van der Waals surface area contributed by atoms with Gasteiger partial charge in [-0.05, 0) is 30.5 Å². The van der Waals surface area contributed by atoms with Crippen molar-refractivity contribution in [2.45, 2.75) is 44.4 Å². The Hall–Kier alpha value is -3.33. The number of amides is 1. The van der Waals surface area contributed by atoms with Gasteiger partial charge in [-0.15, -0.1) is 0 Å². The zero-order valence-corrected chi connectivity index (χ0v) is 17.6. The number of rotatable bonds is 5. The Labute approximate surface area is 185 Å². The maximum atomic E-state index is 13.0. The number of hydrogen-bond acceptors (Lipinski definition) is 5. The fourth-order valence-corrected chi connectivity index (χ4v) is 4.44. The van der Waals surface area contributed by atoms with E-state index in [-0.39, 0.29) is 11.9 Å². The van der Waals surface area contributed by atoms with E-state index in [0.717, 1.165) is 30.3 Å². The summed E-state index contributed by atoms with van der Waals surface area (Å²) in [5.74, 6) is -0.217. The number of nitrogens with one attached hydrogen (secondary N) is 1. The molecule has 1 saturated carbocycles. The lowest BCUT2D eigenvalue weighted by atomic mass is 9.92. The predicted molar refractivity (Wildman–Crippen MR) is 124 cm³/mol. The molecule has 1 aliphatic heterocycles. The van der Waals surface area contributed by atoms with Crippen LogP contribution in [0.4, 0.5) is 5.69 Å². The van der Waals surface area contributed by atoms with Gasteiger partial charge >= 0.3 is 0 Å². The molecule has 32 heavy (non-hydrogen) atoms. The van der Waals surface area contributed by atoms with Gasteiger partial charge in [0.15, 0.2) is 5.69 Å². The van der Waals surface area contributed by atoms with Crippen LogP contribution in [0.15, 0.2) is 66.2 Å². The van der Waals surface area contributed by atoms with Crippen LogP contribution in [0.1, 0.15) is 41.6 Å². The molecule has 2 N–H and O–H groups in total. The molecule has 3 heterocycles. The van der Waals surface area contributed by atoms with Crippen LogP contribution in [-0.4, -0.2) is 38.9 Å². The van der Waals surface area contributed by atoms with Crippen LogP contribution in [0.25, 0.3) is 11.0 Å². The van der Waals surface area contributed by atoms with Gasteiger partial charge in [0.2, 0.25) is 0 Å². The van der Waals surface area contributed by atoms with E-state index in [9.17, 15) is 15.1 Å². The minimum atomic E-state index is -0.839. The Morgan fingerprint density at radius 3 is 2.78 bits per heavy atom. The van der Waals surface area contributed by atoms with Crippen LogP contribution in [-0.2, 0) is 6.54 Å². The van der Waals surface area contributed by atoms with E-state index in [1.54, 1.807) is 24.4 Å². The van der Waals surface area contributed by atoms with Crippen LogP contribution in [0.5, 0.6) is 0 Å². The van der Waals surface area contributed by atoms with E-state index in [2.05, 4.69) is 15.4 Å². The number of carbonyl (C=O) groups is 1. The van der Waals surface area contributed by atoms with Gasteiger partial charge < -0.3 is 20.2 Å². The third kappa shape index (κ3) is 3.84. The molecule has 2 aliphatic rings. The van der Waals surface area contributed by atoms with E-state index in [1.807, 2.05) is 35.0 Å². The van der Waals surface area contributed by atoms with E-state index in [1.165, 1.54) is 12.4 Å². The lowest BCUT2D eigenvalue weighted by Gasteiger charge is -2.28. The fourth-order valence-electron chi connectivity index (χ4n) is 4.44. The van der Waals surface area contributed by atoms with Crippen molar-refractivity contribution in [1.29, 1.82) is 0 Å². The van der Waals surface area contributed by atoms with Crippen LogP contribution in [0.2, 0.25) is 0 Å². The minimum Gasteiger partial charge on any atom is -0.595 e. The molecule has 0 radical (unpaired) electrons. The number of fused-ring (bicyclic) bond motifs is 1. The number of nitrogens with zero attached hydrogens (tertiary/aromatic N) is 4. The van der Waals surface area contributed by atoms with Gasteiger partial charge in [-0.2, -0.15) is 4.76 Å². The molecule has 1 aromatic carbocycles. The molecule has 1 unspecified atom stereocenters. The summed E-state index contributed by atoms with van der Waals surface area (Å²) in [7, 11) is 0. The number of carbonyl (C=O) groups excluding carboxylic acids is 1. The Kier molecular flexibility index (Phi) is 5.34. The first-order valence-corrected chi connectivity index (χ1v) is 10.9. The Bertz CT molecular complexity index is 1190. The summed E-state index contributed by atoms with van der Waals surface area (Å²) >= 11 is 0. The number of aliphatic hydroxyl groups is 1. The summed E-state index contributed by atoms with van der Waals surface area (Å²) in [5, 5.41) is 29.8. The van der Waals surface area contributed by atoms with Crippen molar-refractivity contribution in [2.75, 3.05) is 0 Å². The third-order valence-electron chi connectivity index (χ3n) is 6.20. The summed E-state index contributed by atoms with van der Waals surface area (Å²) in [5.41, 5.74) is 3.50. The molecule has 1 fully saturated rings. The molecule has 2 aromatic heterocycles. The Balaban J connectivity index is 1.39. The molecule has 8 nitrogen and oxygen atoms in total. The summed E-state index contributed by atoms with van der Waals surface area (Å²) < 4.78 is 1.15. The van der Waals surface area contributed by atoms with Crippen molar-refractivity contribution in [3.05, 3.63) is 77.4 Å². The summed E-state index contributed by atoms with van der Waals surface area (Å²) in [4.78, 5) is 17.5. The van der Waals surface area contributed by atoms with Gasteiger partial charge in [-0.1, -0.05) is 30.1 Å². The highest BCUT2D eigenvalue weighted by Gasteiger charge is 2.26. The maximum Gasteiger partial charge on any atom is 0.255 e. The predicted octanol–water partition coefficient (Wildman–Crippen LogP) is 3.44. The number of benzene rings is 1. The fraction of sp³-hybridized carbons (Fsp3) is 0.292. The van der Waals surface area contributed by atoms with Crippen molar-refractivity contribution in [2.24, 2.45) is 5.10 Å². The zero-order chi connectivity index (χ0) is 22.1. The second-order valence-electron chi connectivity index (χ2n) is 8.37. The largest absolute Gasteiger partial charge is 0.595 e. The topological polar surface area (TPSA) is 103 Å². The number of allylic oxidation sites excluding steroid dienone is 1. The average molecular weight is 431 g/mol. The number of aliphatic hydroxyl groups excluding tert-OH is 1. The first-order chi connectivity index (χ1) is 15.5. The van der Waals surface area contributed by atoms with Crippen molar-refractivity contribution in [3.63, 3.8) is 0 Å². The van der Waals surface area contributed by atoms with Gasteiger partial charge in [0.25, 0.3) is 5.91 Å². The van der Waals surface area contributed by atoms with Crippen LogP contribution in [0, 0.1) is 5.21 Å². The van der Waals surface area contributed by atoms with Crippen molar-refractivity contribution in [3.8, 4) is 0 Å². The standard InChI is InChI=1S/C24H25N5O3/c30-22-7-2-1-5-20(22)27-24(31)19-16-28(21-6-3-12-25-23(19)21)15-17-8-10-18(11-9-17)29(32)14-4-13-26-29/h3-4,6,8-14,16,20,22,30H,1-2,5,7,15H2,(H,27,31)/t20-,22-,29?/m0/s1. The van der Waals surface area contributed by atoms with Crippen LogP contribution in [0.3, 0.4) is 0 Å². The number of pyridine rings is 1. The normalized spacial score (nSPS) is 24.8. The van der Waals surface area contributed by atoms with Gasteiger partial charge in [0, 0.05) is 37.1 Å². The molecule has 164 valence electrons. The molecule has 1 aliphatic carbocycles. The van der Waals surface area contributed by atoms with Crippen molar-refractivity contribution < 1.29 is 9.90 Å². The van der Waals surface area contributed by atoms with Gasteiger partial charge in [-0.3, -0.25) is 9.78 Å². The van der Waals surface area contributed by atoms with Crippen molar-refractivity contribution >= 4 is 28.8 Å². The maximum absolute atomic E-state index is 13.0. The molecule has 8 heteroatoms. The van der Waals surface area contributed by atoms with Gasteiger partial charge in [0.05, 0.1) is 29.4 Å². The highest BCUT2D eigenvalue weighted by molar-refractivity contribution is 6.05. The Morgan fingerprint density at radius 1 is 1.22 bits per heavy atom. The number of aromatic nitrogens is 2. The molecular weight excluding hydrogens is 406 g/mol. The monoisotopic (exact) mass is 431 g/mol. The molecule has 0 bridgehead atoms. The average Bonchev–Trinajstić information content (AvgIpc) is 3.41. The van der Waals surface area contributed by atoms with E-state index < -0.39 is 10.9 Å². The third-order valence-corrected chi connectivity index (χ3v) is 6.20. The number of hydroxylamine groups is 1. The molecule has 3 atom stereocenters. The highest BCUT2D eigenvalue weighted by atomic mass is 16.6. The lowest BCUT2D eigenvalue weighted by Crippen LogP contribution is -2.45. The van der Waals surface area contributed by atoms with Crippen LogP contribution < -0.4 is 10.1 Å². The summed E-state index contributed by atoms with van der Waals surface area (Å²) in [6, 6.07) is 10.9. The molecule has 5 rings (SSSR count). The van der Waals surface area contributed by atoms with E-state index in [0.29, 0.717) is 29.7 Å². The molecule has 1 amide bonds. The SMILES string of the molecule is O=C(N[C@H]1CCCC[C@@H]1O)c1cn(Cc2ccc([N+]3([O-])C=CC=N3)cc2)c2cccnc12. The molecule has 0 saturated heterocycles. The van der Waals surface area contributed by atoms with E-state index in [4.69, 9.17) is 0 Å². The Morgan fingerprint density at radius 2 is 2.03 bits per heavy atom. The first-order valence-electron chi connectivity index (χ1n) is 10.9. The second-order valence-corrected chi connectivity index (χ2v) is 8.37. The van der Waals surface area contributed by atoms with Crippen LogP contribution >= 0.6 is 0 Å². The number of hydrogen-bond donors (Lipinski definition) is 2. The van der Waals surface area contributed by atoms with Gasteiger partial charge in [0.1, 0.15) is 11.7 Å². The smallest absolute Gasteiger partial charge is 0.255 e. The highest BCUT2D eigenvalue weighted by Crippen LogP contribution is 2.27. The summed E-state index contributed by atoms with van der Waals surface area (Å²) in [6.07, 6.45) is 11.1. The van der Waals surface area contributed by atoms with Crippen molar-refractivity contribution in [1.82, 2.24) is 19.6 Å².